The summed E-state index contributed by atoms with van der Waals surface area (Å²) in [6, 6.07) is 5.60. The molecular weight excluding hydrogens is 298 g/mol. The number of benzene rings is 1. The summed E-state index contributed by atoms with van der Waals surface area (Å²) in [4.78, 5) is 0. The van der Waals surface area contributed by atoms with Crippen molar-refractivity contribution in [2.45, 2.75) is 26.5 Å². The van der Waals surface area contributed by atoms with E-state index in [0.29, 0.717) is 11.8 Å². The van der Waals surface area contributed by atoms with Gasteiger partial charge in [-0.25, -0.2) is 0 Å². The zero-order valence-electron chi connectivity index (χ0n) is 10.2. The molecule has 2 aromatic rings. The van der Waals surface area contributed by atoms with Crippen molar-refractivity contribution >= 4 is 15.9 Å². The van der Waals surface area contributed by atoms with Gasteiger partial charge in [-0.2, -0.15) is 0 Å². The highest BCUT2D eigenvalue weighted by atomic mass is 79.9. The Morgan fingerprint density at radius 1 is 1.44 bits per heavy atom. The van der Waals surface area contributed by atoms with E-state index in [1.807, 2.05) is 25.1 Å². The minimum absolute atomic E-state index is 0.109. The van der Waals surface area contributed by atoms with Crippen molar-refractivity contribution in [2.75, 3.05) is 0 Å². The molecule has 5 nitrogen and oxygen atoms in total. The van der Waals surface area contributed by atoms with Gasteiger partial charge >= 0.3 is 0 Å². The molecule has 2 rings (SSSR count). The van der Waals surface area contributed by atoms with E-state index in [1.54, 1.807) is 6.92 Å². The predicted octanol–water partition coefficient (Wildman–Crippen LogP) is 2.74. The van der Waals surface area contributed by atoms with Crippen LogP contribution in [-0.2, 0) is 6.61 Å². The van der Waals surface area contributed by atoms with Crippen molar-refractivity contribution in [1.29, 1.82) is 0 Å². The fourth-order valence-electron chi connectivity index (χ4n) is 1.54. The van der Waals surface area contributed by atoms with E-state index in [2.05, 4.69) is 26.1 Å². The van der Waals surface area contributed by atoms with Crippen LogP contribution in [-0.4, -0.2) is 10.2 Å². The van der Waals surface area contributed by atoms with Crippen LogP contribution in [0.1, 0.15) is 30.3 Å². The maximum Gasteiger partial charge on any atom is 0.253 e. The van der Waals surface area contributed by atoms with E-state index in [9.17, 15) is 0 Å². The number of hydrogen-bond acceptors (Lipinski definition) is 5. The minimum atomic E-state index is -0.109. The molecule has 96 valence electrons. The van der Waals surface area contributed by atoms with Gasteiger partial charge in [-0.05, 0) is 25.1 Å². The zero-order chi connectivity index (χ0) is 13.1. The Morgan fingerprint density at radius 2 is 2.22 bits per heavy atom. The number of hydrogen-bond donors (Lipinski definition) is 1. The summed E-state index contributed by atoms with van der Waals surface area (Å²) in [6.45, 7) is 3.89. The summed E-state index contributed by atoms with van der Waals surface area (Å²) in [6.07, 6.45) is 0. The van der Waals surface area contributed by atoms with Crippen LogP contribution in [0.5, 0.6) is 5.75 Å². The molecule has 2 N–H and O–H groups in total. The number of aromatic nitrogens is 2. The Labute approximate surface area is 113 Å². The molecule has 0 fully saturated rings. The van der Waals surface area contributed by atoms with Gasteiger partial charge in [-0.15, -0.1) is 10.2 Å². The SMILES string of the molecule is Cc1nnc(COc2ccc(Br)cc2[C@@H](C)N)o1. The molecule has 0 spiro atoms. The van der Waals surface area contributed by atoms with Gasteiger partial charge < -0.3 is 14.9 Å². The van der Waals surface area contributed by atoms with Crippen LogP contribution < -0.4 is 10.5 Å². The zero-order valence-corrected chi connectivity index (χ0v) is 11.8. The predicted molar refractivity (Wildman–Crippen MR) is 70.1 cm³/mol. The molecule has 18 heavy (non-hydrogen) atoms. The number of nitrogens with two attached hydrogens (primary N) is 1. The van der Waals surface area contributed by atoms with Gasteiger partial charge in [0.25, 0.3) is 5.89 Å². The molecule has 0 aliphatic heterocycles. The lowest BCUT2D eigenvalue weighted by Gasteiger charge is -2.13. The first kappa shape index (κ1) is 13.0. The summed E-state index contributed by atoms with van der Waals surface area (Å²) < 4.78 is 11.9. The fourth-order valence-corrected chi connectivity index (χ4v) is 1.92. The maximum atomic E-state index is 5.90. The molecule has 1 heterocycles. The maximum absolute atomic E-state index is 5.90. The van der Waals surface area contributed by atoms with Gasteiger partial charge in [0.15, 0.2) is 6.61 Å². The molecule has 0 unspecified atom stereocenters. The first-order valence-corrected chi connectivity index (χ1v) is 6.32. The highest BCUT2D eigenvalue weighted by Gasteiger charge is 2.10. The summed E-state index contributed by atoms with van der Waals surface area (Å²) in [7, 11) is 0. The number of rotatable bonds is 4. The van der Waals surface area contributed by atoms with E-state index >= 15 is 0 Å². The van der Waals surface area contributed by atoms with Gasteiger partial charge in [-0.3, -0.25) is 0 Å². The standard InChI is InChI=1S/C12H14BrN3O2/c1-7(14)10-5-9(13)3-4-11(10)17-6-12-16-15-8(2)18-12/h3-5,7H,6,14H2,1-2H3/t7-/m1/s1. The Hall–Kier alpha value is -1.40. The van der Waals surface area contributed by atoms with Crippen LogP contribution in [0.2, 0.25) is 0 Å². The highest BCUT2D eigenvalue weighted by molar-refractivity contribution is 9.10. The van der Waals surface area contributed by atoms with Gasteiger partial charge in [-0.1, -0.05) is 15.9 Å². The molecule has 1 aromatic heterocycles. The summed E-state index contributed by atoms with van der Waals surface area (Å²) in [5.74, 6) is 1.70. The number of aryl methyl sites for hydroxylation is 1. The minimum Gasteiger partial charge on any atom is -0.483 e. The quantitative estimate of drug-likeness (QED) is 0.939. The van der Waals surface area contributed by atoms with E-state index < -0.39 is 0 Å². The van der Waals surface area contributed by atoms with Crippen molar-refractivity contribution in [2.24, 2.45) is 5.73 Å². The lowest BCUT2D eigenvalue weighted by molar-refractivity contribution is 0.257. The lowest BCUT2D eigenvalue weighted by atomic mass is 10.1. The Balaban J connectivity index is 2.13. The largest absolute Gasteiger partial charge is 0.483 e. The van der Waals surface area contributed by atoms with Gasteiger partial charge in [0, 0.05) is 23.0 Å². The van der Waals surface area contributed by atoms with Crippen molar-refractivity contribution in [3.05, 3.63) is 40.0 Å². The first-order valence-electron chi connectivity index (χ1n) is 5.53. The fraction of sp³-hybridized carbons (Fsp3) is 0.333. The molecule has 1 atom stereocenters. The van der Waals surface area contributed by atoms with Gasteiger partial charge in [0.05, 0.1) is 0 Å². The van der Waals surface area contributed by atoms with Crippen LogP contribution in [0.15, 0.2) is 27.1 Å². The second-order valence-electron chi connectivity index (χ2n) is 3.97. The second kappa shape index (κ2) is 5.49. The van der Waals surface area contributed by atoms with E-state index in [1.165, 1.54) is 0 Å². The molecule has 0 saturated heterocycles. The van der Waals surface area contributed by atoms with Crippen molar-refractivity contribution in [1.82, 2.24) is 10.2 Å². The van der Waals surface area contributed by atoms with Crippen LogP contribution in [0.25, 0.3) is 0 Å². The Bertz CT molecular complexity index is 540. The number of halogens is 1. The van der Waals surface area contributed by atoms with Crippen LogP contribution in [0.4, 0.5) is 0 Å². The van der Waals surface area contributed by atoms with Crippen molar-refractivity contribution in [3.8, 4) is 5.75 Å². The molecule has 0 aliphatic rings. The molecule has 0 saturated carbocycles. The molecule has 0 radical (unpaired) electrons. The van der Waals surface area contributed by atoms with Crippen molar-refractivity contribution < 1.29 is 9.15 Å². The van der Waals surface area contributed by atoms with Crippen LogP contribution in [0, 0.1) is 6.92 Å². The molecule has 1 aromatic carbocycles. The third-order valence-corrected chi connectivity index (χ3v) is 2.87. The average molecular weight is 312 g/mol. The van der Waals surface area contributed by atoms with E-state index in [4.69, 9.17) is 14.9 Å². The van der Waals surface area contributed by atoms with E-state index in [0.717, 1.165) is 15.8 Å². The third kappa shape index (κ3) is 3.08. The summed E-state index contributed by atoms with van der Waals surface area (Å²) in [5, 5.41) is 7.61. The molecule has 6 heteroatoms. The topological polar surface area (TPSA) is 74.2 Å². The Kier molecular flexibility index (Phi) is 3.98. The monoisotopic (exact) mass is 311 g/mol. The first-order chi connectivity index (χ1) is 8.56. The molecular formula is C12H14BrN3O2. The highest BCUT2D eigenvalue weighted by Crippen LogP contribution is 2.28. The molecule has 0 bridgehead atoms. The van der Waals surface area contributed by atoms with Crippen LogP contribution in [0.3, 0.4) is 0 Å². The third-order valence-electron chi connectivity index (χ3n) is 2.38. The molecule has 0 aliphatic carbocycles. The summed E-state index contributed by atoms with van der Waals surface area (Å²) >= 11 is 3.41. The van der Waals surface area contributed by atoms with Gasteiger partial charge in [0.2, 0.25) is 5.89 Å². The normalized spacial score (nSPS) is 12.4. The Morgan fingerprint density at radius 3 is 2.83 bits per heavy atom. The van der Waals surface area contributed by atoms with Crippen molar-refractivity contribution in [3.63, 3.8) is 0 Å². The summed E-state index contributed by atoms with van der Waals surface area (Å²) in [5.41, 5.74) is 6.84. The second-order valence-corrected chi connectivity index (χ2v) is 4.89. The number of nitrogens with zero attached hydrogens (tertiary/aromatic N) is 2. The lowest BCUT2D eigenvalue weighted by Crippen LogP contribution is -2.08. The van der Waals surface area contributed by atoms with Crippen LogP contribution >= 0.6 is 15.9 Å². The van der Waals surface area contributed by atoms with E-state index in [-0.39, 0.29) is 12.6 Å². The smallest absolute Gasteiger partial charge is 0.253 e. The molecule has 0 amide bonds. The number of ether oxygens (including phenoxy) is 1. The van der Waals surface area contributed by atoms with Gasteiger partial charge in [0.1, 0.15) is 5.75 Å². The average Bonchev–Trinajstić information content (AvgIpc) is 2.73.